The van der Waals surface area contributed by atoms with E-state index in [9.17, 15) is 13.6 Å². The van der Waals surface area contributed by atoms with Crippen molar-refractivity contribution in [3.63, 3.8) is 0 Å². The number of carbonyl (C=O) groups excluding carboxylic acids is 1. The highest BCUT2D eigenvalue weighted by Gasteiger charge is 2.46. The van der Waals surface area contributed by atoms with E-state index < -0.39 is 37.9 Å². The van der Waals surface area contributed by atoms with Crippen LogP contribution in [0.3, 0.4) is 0 Å². The number of halogens is 2. The lowest BCUT2D eigenvalue weighted by Crippen LogP contribution is -2.33. The van der Waals surface area contributed by atoms with Crippen LogP contribution in [0.2, 0.25) is 19.6 Å². The summed E-state index contributed by atoms with van der Waals surface area (Å²) in [5.41, 5.74) is 5.86. The van der Waals surface area contributed by atoms with Gasteiger partial charge < -0.3 is 29.9 Å². The molecule has 6 rings (SSSR count). The number of esters is 1. The van der Waals surface area contributed by atoms with Crippen LogP contribution in [-0.2, 0) is 19.0 Å². The number of nitrogens with zero attached hydrogens (tertiary/aromatic N) is 7. The van der Waals surface area contributed by atoms with Gasteiger partial charge in [-0.15, -0.1) is 12.8 Å². The van der Waals surface area contributed by atoms with Crippen LogP contribution in [0, 0.1) is 48.7 Å². The van der Waals surface area contributed by atoms with E-state index in [1.807, 2.05) is 20.8 Å². The zero-order valence-electron chi connectivity index (χ0n) is 29.5. The predicted molar refractivity (Wildman–Crippen MR) is 186 cm³/mol. The number of nitrogens with two attached hydrogens (primary N) is 1. The standard InChI is InChI=1S/C17H24FN5OSi.C11H16O3.C5H4FN5/c1-7-17(8-2)11(3)9-12(24-17)23-10-19-13-14(22-25(4,5)6)20-16(18)21-15(13)23;1-5-11(6-2)8(3)7-10(14-11)13-9(4)12;6-5-10-3(7)2-4(11-5)9-1-8-2/h1,10-12H,8-9H2,2-6H3,(H,20,21,22);1,8,10H,6-7H2,2-4H3;1H,(H3,7,8,9,10,11)/t11-,12+,17+;8-,10?,11+;/m00./s1. The van der Waals surface area contributed by atoms with Crippen LogP contribution < -0.4 is 10.7 Å². The molecule has 0 radical (unpaired) electrons. The van der Waals surface area contributed by atoms with Crippen molar-refractivity contribution in [1.82, 2.24) is 39.5 Å². The maximum Gasteiger partial charge on any atom is 0.312 e. The lowest BCUT2D eigenvalue weighted by atomic mass is 9.87. The average Bonchev–Trinajstić information content (AvgIpc) is 3.81. The third kappa shape index (κ3) is 8.18. The van der Waals surface area contributed by atoms with Crippen molar-refractivity contribution in [3.05, 3.63) is 24.8 Å². The molecule has 17 heteroatoms. The molecule has 4 N–H and O–H groups in total. The van der Waals surface area contributed by atoms with Crippen molar-refractivity contribution in [2.75, 3.05) is 10.7 Å². The van der Waals surface area contributed by atoms with Crippen LogP contribution >= 0.6 is 0 Å². The molecule has 2 saturated heterocycles. The second-order valence-corrected chi connectivity index (χ2v) is 18.0. The van der Waals surface area contributed by atoms with Crippen LogP contribution in [-0.4, -0.2) is 71.2 Å². The molecule has 268 valence electrons. The third-order valence-electron chi connectivity index (χ3n) is 8.70. The Kier molecular flexibility index (Phi) is 11.5. The largest absolute Gasteiger partial charge is 0.436 e. The van der Waals surface area contributed by atoms with E-state index in [2.05, 4.69) is 78.3 Å². The Balaban J connectivity index is 0.000000188. The maximum atomic E-state index is 14.0. The molecule has 0 saturated carbocycles. The summed E-state index contributed by atoms with van der Waals surface area (Å²) in [7, 11) is -1.72. The summed E-state index contributed by atoms with van der Waals surface area (Å²) in [6.07, 6.45) is 14.6. The minimum atomic E-state index is -1.72. The molecule has 0 bridgehead atoms. The first-order valence-corrected chi connectivity index (χ1v) is 19.8. The number of anilines is 2. The summed E-state index contributed by atoms with van der Waals surface area (Å²) in [5, 5.41) is 0. The highest BCUT2D eigenvalue weighted by molar-refractivity contribution is 6.79. The maximum absolute atomic E-state index is 14.0. The predicted octanol–water partition coefficient (Wildman–Crippen LogP) is 5.34. The molecule has 1 unspecified atom stereocenters. The van der Waals surface area contributed by atoms with Crippen molar-refractivity contribution in [1.29, 1.82) is 0 Å². The van der Waals surface area contributed by atoms with Gasteiger partial charge in [-0.25, -0.2) is 9.97 Å². The number of nitrogen functional groups attached to an aromatic ring is 1. The van der Waals surface area contributed by atoms with Gasteiger partial charge in [0.25, 0.3) is 0 Å². The number of imidazole rings is 2. The smallest absolute Gasteiger partial charge is 0.312 e. The van der Waals surface area contributed by atoms with Crippen molar-refractivity contribution in [2.45, 2.75) is 104 Å². The minimum absolute atomic E-state index is 0.0741. The summed E-state index contributed by atoms with van der Waals surface area (Å²) >= 11 is 0. The Labute approximate surface area is 290 Å². The zero-order valence-corrected chi connectivity index (χ0v) is 30.5. The number of carbonyl (C=O) groups is 1. The summed E-state index contributed by atoms with van der Waals surface area (Å²) in [5.74, 6) is 6.06. The molecule has 14 nitrogen and oxygen atoms in total. The number of fused-ring (bicyclic) bond motifs is 2. The van der Waals surface area contributed by atoms with Gasteiger partial charge in [-0.3, -0.25) is 9.36 Å². The topological polar surface area (TPSA) is 181 Å². The molecular formula is C33H44F2N10O4Si. The highest BCUT2D eigenvalue weighted by atomic mass is 28.3. The minimum Gasteiger partial charge on any atom is -0.436 e. The number of rotatable bonds is 6. The fourth-order valence-electron chi connectivity index (χ4n) is 6.00. The van der Waals surface area contributed by atoms with E-state index in [0.717, 1.165) is 19.3 Å². The molecule has 0 spiro atoms. The average molecular weight is 711 g/mol. The SMILES string of the molecule is C#C[C@]1(CC)OC(OC(C)=O)C[C@@H]1C.C#C[C@]1(CC)O[C@@H](n2cnc3c(N[Si](C)(C)C)nc(F)nc32)C[C@@H]1C.Nc1nc(F)nc2nc[nH]c12. The van der Waals surface area contributed by atoms with Gasteiger partial charge in [0.2, 0.25) is 6.29 Å². The van der Waals surface area contributed by atoms with Crippen LogP contribution in [0.1, 0.15) is 66.5 Å². The second-order valence-electron chi connectivity index (χ2n) is 13.3. The number of terminal acetylenes is 2. The van der Waals surface area contributed by atoms with E-state index in [1.165, 1.54) is 13.3 Å². The van der Waals surface area contributed by atoms with E-state index >= 15 is 0 Å². The van der Waals surface area contributed by atoms with Gasteiger partial charge in [-0.1, -0.05) is 59.2 Å². The van der Waals surface area contributed by atoms with Gasteiger partial charge in [0.15, 0.2) is 22.9 Å². The number of ether oxygens (including phenoxy) is 3. The first-order chi connectivity index (χ1) is 23.5. The molecule has 2 aliphatic heterocycles. The van der Waals surface area contributed by atoms with Crippen LogP contribution in [0.15, 0.2) is 12.7 Å². The Hall–Kier alpha value is -4.71. The number of aromatic nitrogens is 8. The van der Waals surface area contributed by atoms with E-state index in [1.54, 1.807) is 10.9 Å². The number of hydrogen-bond acceptors (Lipinski definition) is 12. The van der Waals surface area contributed by atoms with Gasteiger partial charge in [-0.05, 0) is 19.3 Å². The molecule has 0 aromatic carbocycles. The molecule has 4 aromatic rings. The first kappa shape index (κ1) is 38.1. The number of aromatic amines is 1. The van der Waals surface area contributed by atoms with Crippen LogP contribution in [0.5, 0.6) is 0 Å². The van der Waals surface area contributed by atoms with E-state index in [-0.39, 0.29) is 35.5 Å². The molecule has 6 heterocycles. The Morgan fingerprint density at radius 3 is 2.24 bits per heavy atom. The van der Waals surface area contributed by atoms with Gasteiger partial charge >= 0.3 is 18.1 Å². The lowest BCUT2D eigenvalue weighted by Gasteiger charge is -2.25. The zero-order chi connectivity index (χ0) is 37.0. The number of H-pyrrole nitrogens is 1. The Morgan fingerprint density at radius 1 is 1.06 bits per heavy atom. The molecular weight excluding hydrogens is 667 g/mol. The van der Waals surface area contributed by atoms with Crippen molar-refractivity contribution in [2.24, 2.45) is 11.8 Å². The Bertz CT molecular complexity index is 1920. The van der Waals surface area contributed by atoms with Gasteiger partial charge in [0, 0.05) is 25.2 Å². The summed E-state index contributed by atoms with van der Waals surface area (Å²) < 4.78 is 45.0. The van der Waals surface area contributed by atoms with Crippen molar-refractivity contribution in [3.8, 4) is 24.7 Å². The molecule has 4 aromatic heterocycles. The third-order valence-corrected chi connectivity index (χ3v) is 9.69. The first-order valence-electron chi connectivity index (χ1n) is 16.3. The second kappa shape index (κ2) is 15.0. The fourth-order valence-corrected chi connectivity index (χ4v) is 6.88. The highest BCUT2D eigenvalue weighted by Crippen LogP contribution is 2.44. The molecule has 0 amide bonds. The van der Waals surface area contributed by atoms with Crippen molar-refractivity contribution < 1.29 is 27.8 Å². The monoisotopic (exact) mass is 710 g/mol. The summed E-state index contributed by atoms with van der Waals surface area (Å²) in [6.45, 7) is 15.8. The van der Waals surface area contributed by atoms with Crippen LogP contribution in [0.4, 0.5) is 20.4 Å². The van der Waals surface area contributed by atoms with Crippen LogP contribution in [0.25, 0.3) is 22.3 Å². The van der Waals surface area contributed by atoms with Crippen molar-refractivity contribution >= 4 is 48.2 Å². The molecule has 0 aliphatic carbocycles. The Morgan fingerprint density at radius 2 is 1.68 bits per heavy atom. The normalized spacial score (nSPS) is 25.9. The van der Waals surface area contributed by atoms with Gasteiger partial charge in [-0.2, -0.15) is 28.7 Å². The number of nitrogens with one attached hydrogen (secondary N) is 2. The summed E-state index contributed by atoms with van der Waals surface area (Å²) in [6, 6.07) is 0. The quantitative estimate of drug-likeness (QED) is 0.101. The number of hydrogen-bond donors (Lipinski definition) is 3. The fraction of sp³-hybridized carbons (Fsp3) is 0.545. The molecule has 6 atom stereocenters. The van der Waals surface area contributed by atoms with E-state index in [4.69, 9.17) is 32.8 Å². The lowest BCUT2D eigenvalue weighted by molar-refractivity contribution is -0.179. The molecule has 2 fully saturated rings. The van der Waals surface area contributed by atoms with E-state index in [0.29, 0.717) is 28.9 Å². The summed E-state index contributed by atoms with van der Waals surface area (Å²) in [4.78, 5) is 39.4. The molecule has 50 heavy (non-hydrogen) atoms. The van der Waals surface area contributed by atoms with Gasteiger partial charge in [0.1, 0.15) is 36.7 Å². The molecule has 2 aliphatic rings. The van der Waals surface area contributed by atoms with Gasteiger partial charge in [0.05, 0.1) is 12.7 Å².